The molecule has 2 nitrogen and oxygen atoms in total. The van der Waals surface area contributed by atoms with Gasteiger partial charge in [0.15, 0.2) is 0 Å². The second kappa shape index (κ2) is 5.17. The Bertz CT molecular complexity index is 384. The van der Waals surface area contributed by atoms with Crippen molar-refractivity contribution in [1.82, 2.24) is 0 Å². The highest BCUT2D eigenvalue weighted by Crippen LogP contribution is 2.17. The molecule has 0 saturated heterocycles. The second-order valence-electron chi connectivity index (χ2n) is 4.47. The normalized spacial score (nSPS) is 17.5. The zero-order valence-electron chi connectivity index (χ0n) is 9.78. The molecule has 1 aliphatic heterocycles. The summed E-state index contributed by atoms with van der Waals surface area (Å²) in [6.45, 7) is 2.94. The summed E-state index contributed by atoms with van der Waals surface area (Å²) >= 11 is 0. The molecular weight excluding hydrogens is 198 g/mol. The molecule has 0 aliphatic carbocycles. The quantitative estimate of drug-likeness (QED) is 0.844. The van der Waals surface area contributed by atoms with E-state index in [2.05, 4.69) is 31.2 Å². The molecule has 1 atom stereocenters. The molecule has 1 heterocycles. The van der Waals surface area contributed by atoms with Crippen LogP contribution in [0.1, 0.15) is 24.0 Å². The summed E-state index contributed by atoms with van der Waals surface area (Å²) in [5.41, 5.74) is 10.0. The van der Waals surface area contributed by atoms with Crippen molar-refractivity contribution >= 4 is 0 Å². The largest absolute Gasteiger partial charge is 0.501 e. The molecule has 0 saturated carbocycles. The third-order valence-electron chi connectivity index (χ3n) is 2.98. The van der Waals surface area contributed by atoms with E-state index < -0.39 is 0 Å². The minimum atomic E-state index is 0.0992. The smallest absolute Gasteiger partial charge is 0.0876 e. The zero-order valence-corrected chi connectivity index (χ0v) is 9.78. The summed E-state index contributed by atoms with van der Waals surface area (Å²) in [6.07, 6.45) is 4.92. The molecule has 0 fully saturated rings. The molecule has 0 bridgehead atoms. The Hall–Kier alpha value is -1.28. The lowest BCUT2D eigenvalue weighted by molar-refractivity contribution is 0.221. The van der Waals surface area contributed by atoms with Crippen LogP contribution in [0.15, 0.2) is 36.1 Å². The number of hydrogen-bond acceptors (Lipinski definition) is 2. The Balaban J connectivity index is 2.01. The van der Waals surface area contributed by atoms with Crippen LogP contribution >= 0.6 is 0 Å². The van der Waals surface area contributed by atoms with Gasteiger partial charge in [-0.15, -0.1) is 0 Å². The standard InChI is InChI=1S/C14H19NO/c1-11-4-2-5-12(8-11)9-14(15)13-6-3-7-16-10-13/h2,4-5,8,10,14H,3,6-7,9,15H2,1H3. The number of aryl methyl sites for hydroxylation is 1. The maximum Gasteiger partial charge on any atom is 0.0876 e. The lowest BCUT2D eigenvalue weighted by Gasteiger charge is -2.19. The highest BCUT2D eigenvalue weighted by Gasteiger charge is 2.13. The molecule has 1 aliphatic rings. The maximum absolute atomic E-state index is 6.18. The highest BCUT2D eigenvalue weighted by atomic mass is 16.5. The molecule has 16 heavy (non-hydrogen) atoms. The lowest BCUT2D eigenvalue weighted by Crippen LogP contribution is -2.27. The SMILES string of the molecule is Cc1cccc(CC(N)C2=COCCC2)c1. The molecule has 2 heteroatoms. The van der Waals surface area contributed by atoms with Gasteiger partial charge in [-0.3, -0.25) is 0 Å². The molecule has 0 amide bonds. The maximum atomic E-state index is 6.18. The first kappa shape index (κ1) is 11.2. The Labute approximate surface area is 97.1 Å². The summed E-state index contributed by atoms with van der Waals surface area (Å²) in [6, 6.07) is 8.63. The van der Waals surface area contributed by atoms with Gasteiger partial charge in [0.2, 0.25) is 0 Å². The first-order valence-corrected chi connectivity index (χ1v) is 5.87. The molecule has 1 aromatic rings. The van der Waals surface area contributed by atoms with Gasteiger partial charge < -0.3 is 10.5 Å². The predicted molar refractivity (Wildman–Crippen MR) is 66.1 cm³/mol. The second-order valence-corrected chi connectivity index (χ2v) is 4.47. The van der Waals surface area contributed by atoms with Gasteiger partial charge in [-0.25, -0.2) is 0 Å². The van der Waals surface area contributed by atoms with E-state index in [1.54, 1.807) is 0 Å². The van der Waals surface area contributed by atoms with E-state index in [0.29, 0.717) is 0 Å². The Morgan fingerprint density at radius 2 is 2.31 bits per heavy atom. The third kappa shape index (κ3) is 2.86. The van der Waals surface area contributed by atoms with Gasteiger partial charge in [0.25, 0.3) is 0 Å². The van der Waals surface area contributed by atoms with Crippen molar-refractivity contribution < 1.29 is 4.74 Å². The number of ether oxygens (including phenoxy) is 1. The van der Waals surface area contributed by atoms with Gasteiger partial charge >= 0.3 is 0 Å². The number of hydrogen-bond donors (Lipinski definition) is 1. The van der Waals surface area contributed by atoms with Crippen LogP contribution in [-0.4, -0.2) is 12.6 Å². The number of benzene rings is 1. The van der Waals surface area contributed by atoms with Crippen molar-refractivity contribution in [3.63, 3.8) is 0 Å². The van der Waals surface area contributed by atoms with Gasteiger partial charge in [-0.2, -0.15) is 0 Å². The van der Waals surface area contributed by atoms with Gasteiger partial charge in [0.1, 0.15) is 0 Å². The third-order valence-corrected chi connectivity index (χ3v) is 2.98. The molecule has 1 unspecified atom stereocenters. The van der Waals surface area contributed by atoms with Crippen LogP contribution < -0.4 is 5.73 Å². The summed E-state index contributed by atoms with van der Waals surface area (Å²) in [7, 11) is 0. The van der Waals surface area contributed by atoms with Gasteiger partial charge in [0, 0.05) is 6.04 Å². The predicted octanol–water partition coefficient (Wildman–Crippen LogP) is 2.56. The van der Waals surface area contributed by atoms with Gasteiger partial charge in [-0.05, 0) is 37.3 Å². The van der Waals surface area contributed by atoms with Gasteiger partial charge in [-0.1, -0.05) is 29.8 Å². The summed E-state index contributed by atoms with van der Waals surface area (Å²) < 4.78 is 5.32. The van der Waals surface area contributed by atoms with Crippen molar-refractivity contribution in [2.24, 2.45) is 5.73 Å². The summed E-state index contributed by atoms with van der Waals surface area (Å²) in [5, 5.41) is 0. The average Bonchev–Trinajstić information content (AvgIpc) is 2.30. The van der Waals surface area contributed by atoms with Crippen LogP contribution in [0.2, 0.25) is 0 Å². The zero-order chi connectivity index (χ0) is 11.4. The van der Waals surface area contributed by atoms with Crippen LogP contribution in [0, 0.1) is 6.92 Å². The van der Waals surface area contributed by atoms with Crippen LogP contribution in [0.5, 0.6) is 0 Å². The Morgan fingerprint density at radius 1 is 1.44 bits per heavy atom. The van der Waals surface area contributed by atoms with Crippen LogP contribution in [-0.2, 0) is 11.2 Å². The Morgan fingerprint density at radius 3 is 3.00 bits per heavy atom. The summed E-state index contributed by atoms with van der Waals surface area (Å²) in [4.78, 5) is 0. The monoisotopic (exact) mass is 217 g/mol. The molecule has 1 aromatic carbocycles. The highest BCUT2D eigenvalue weighted by molar-refractivity contribution is 5.25. The van der Waals surface area contributed by atoms with Crippen molar-refractivity contribution in [1.29, 1.82) is 0 Å². The molecular formula is C14H19NO. The minimum absolute atomic E-state index is 0.0992. The van der Waals surface area contributed by atoms with E-state index in [0.717, 1.165) is 25.9 Å². The number of nitrogens with two attached hydrogens (primary N) is 1. The van der Waals surface area contributed by atoms with Gasteiger partial charge in [0.05, 0.1) is 12.9 Å². The lowest BCUT2D eigenvalue weighted by atomic mass is 9.96. The fourth-order valence-corrected chi connectivity index (χ4v) is 2.08. The molecule has 0 radical (unpaired) electrons. The molecule has 2 N–H and O–H groups in total. The van der Waals surface area contributed by atoms with E-state index in [9.17, 15) is 0 Å². The summed E-state index contributed by atoms with van der Waals surface area (Å²) in [5.74, 6) is 0. The van der Waals surface area contributed by atoms with E-state index in [-0.39, 0.29) is 6.04 Å². The van der Waals surface area contributed by atoms with Crippen LogP contribution in [0.25, 0.3) is 0 Å². The molecule has 0 spiro atoms. The van der Waals surface area contributed by atoms with E-state index in [1.807, 2.05) is 6.26 Å². The number of rotatable bonds is 3. The van der Waals surface area contributed by atoms with Crippen molar-refractivity contribution in [2.45, 2.75) is 32.2 Å². The van der Waals surface area contributed by atoms with Crippen molar-refractivity contribution in [3.8, 4) is 0 Å². The van der Waals surface area contributed by atoms with E-state index >= 15 is 0 Å². The molecule has 2 rings (SSSR count). The topological polar surface area (TPSA) is 35.2 Å². The van der Waals surface area contributed by atoms with E-state index in [1.165, 1.54) is 16.7 Å². The first-order valence-electron chi connectivity index (χ1n) is 5.87. The molecule has 0 aromatic heterocycles. The first-order chi connectivity index (χ1) is 7.75. The van der Waals surface area contributed by atoms with Crippen LogP contribution in [0.3, 0.4) is 0 Å². The average molecular weight is 217 g/mol. The Kier molecular flexibility index (Phi) is 3.62. The van der Waals surface area contributed by atoms with Crippen molar-refractivity contribution in [2.75, 3.05) is 6.61 Å². The fraction of sp³-hybridized carbons (Fsp3) is 0.429. The fourth-order valence-electron chi connectivity index (χ4n) is 2.08. The van der Waals surface area contributed by atoms with Crippen LogP contribution in [0.4, 0.5) is 0 Å². The molecule has 86 valence electrons. The van der Waals surface area contributed by atoms with Crippen molar-refractivity contribution in [3.05, 3.63) is 47.2 Å². The minimum Gasteiger partial charge on any atom is -0.501 e. The van der Waals surface area contributed by atoms with E-state index in [4.69, 9.17) is 10.5 Å².